The van der Waals surface area contributed by atoms with Crippen molar-refractivity contribution in [3.63, 3.8) is 0 Å². The Morgan fingerprint density at radius 3 is 3.11 bits per heavy atom. The second-order valence-electron chi connectivity index (χ2n) is 4.77. The average molecular weight is 284 g/mol. The molecule has 6 nitrogen and oxygen atoms in total. The third-order valence-corrected chi connectivity index (χ3v) is 4.35. The summed E-state index contributed by atoms with van der Waals surface area (Å²) in [6, 6.07) is 0.488. The number of anilines is 2. The van der Waals surface area contributed by atoms with Crippen LogP contribution in [-0.4, -0.2) is 48.5 Å². The van der Waals surface area contributed by atoms with E-state index >= 15 is 0 Å². The molecule has 1 aromatic rings. The first-order chi connectivity index (χ1) is 9.13. The summed E-state index contributed by atoms with van der Waals surface area (Å²) >= 11 is 1.20. The topological polar surface area (TPSA) is 80.5 Å². The molecule has 1 aromatic heterocycles. The smallest absolute Gasteiger partial charge is 0.344 e. The number of methoxy groups -OCH3 is 1. The summed E-state index contributed by atoms with van der Waals surface area (Å²) in [5.74, 6) is -0.206. The fourth-order valence-electron chi connectivity index (χ4n) is 2.33. The van der Waals surface area contributed by atoms with Gasteiger partial charge in [0.05, 0.1) is 7.11 Å². The van der Waals surface area contributed by atoms with Crippen molar-refractivity contribution >= 4 is 28.3 Å². The molecule has 2 heterocycles. The largest absolute Gasteiger partial charge is 0.465 e. The minimum atomic E-state index is -0.439. The number of aromatic nitrogens is 1. The number of nitrogens with two attached hydrogens (primary N) is 1. The quantitative estimate of drug-likeness (QED) is 0.814. The number of hydrogen-bond donors (Lipinski definition) is 2. The van der Waals surface area contributed by atoms with Gasteiger partial charge in [0.2, 0.25) is 0 Å². The van der Waals surface area contributed by atoms with E-state index in [1.807, 2.05) is 0 Å². The van der Waals surface area contributed by atoms with Crippen LogP contribution in [0.25, 0.3) is 0 Å². The first-order valence-electron chi connectivity index (χ1n) is 6.41. The number of rotatable bonds is 4. The van der Waals surface area contributed by atoms with Crippen LogP contribution in [0.4, 0.5) is 10.8 Å². The zero-order valence-corrected chi connectivity index (χ0v) is 12.1. The second-order valence-corrected chi connectivity index (χ2v) is 5.55. The third-order valence-electron chi connectivity index (χ3n) is 3.53. The van der Waals surface area contributed by atoms with E-state index in [9.17, 15) is 4.79 Å². The number of ether oxygens (including phenoxy) is 1. The Kier molecular flexibility index (Phi) is 4.60. The summed E-state index contributed by atoms with van der Waals surface area (Å²) in [5, 5.41) is 3.98. The molecule has 3 N–H and O–H groups in total. The molecule has 1 atom stereocenters. The summed E-state index contributed by atoms with van der Waals surface area (Å²) in [5.41, 5.74) is 6.05. The van der Waals surface area contributed by atoms with Gasteiger partial charge in [-0.25, -0.2) is 4.79 Å². The van der Waals surface area contributed by atoms with Crippen LogP contribution in [0.3, 0.4) is 0 Å². The Balaban J connectivity index is 2.01. The fourth-order valence-corrected chi connectivity index (χ4v) is 3.04. The highest BCUT2D eigenvalue weighted by atomic mass is 32.1. The first-order valence-corrected chi connectivity index (χ1v) is 7.18. The zero-order valence-electron chi connectivity index (χ0n) is 11.3. The van der Waals surface area contributed by atoms with Crippen LogP contribution in [0.5, 0.6) is 0 Å². The molecule has 0 aromatic carbocycles. The molecule has 7 heteroatoms. The third kappa shape index (κ3) is 3.16. The molecular formula is C12H20N4O2S. The van der Waals surface area contributed by atoms with Crippen molar-refractivity contribution in [1.82, 2.24) is 9.27 Å². The van der Waals surface area contributed by atoms with Gasteiger partial charge < -0.3 is 20.7 Å². The number of nitrogens with one attached hydrogen (secondary N) is 1. The fraction of sp³-hybridized carbons (Fsp3) is 0.667. The Morgan fingerprint density at radius 1 is 1.63 bits per heavy atom. The van der Waals surface area contributed by atoms with Crippen molar-refractivity contribution in [3.8, 4) is 0 Å². The Morgan fingerprint density at radius 2 is 2.42 bits per heavy atom. The van der Waals surface area contributed by atoms with Crippen molar-refractivity contribution in [2.75, 3.05) is 38.3 Å². The van der Waals surface area contributed by atoms with Gasteiger partial charge in [-0.2, -0.15) is 4.37 Å². The summed E-state index contributed by atoms with van der Waals surface area (Å²) < 4.78 is 8.74. The van der Waals surface area contributed by atoms with Crippen LogP contribution in [0.2, 0.25) is 0 Å². The minimum Gasteiger partial charge on any atom is -0.465 e. The van der Waals surface area contributed by atoms with Crippen LogP contribution in [0.1, 0.15) is 29.6 Å². The van der Waals surface area contributed by atoms with Crippen LogP contribution in [0, 0.1) is 0 Å². The number of nitrogens with zero attached hydrogens (tertiary/aromatic N) is 2. The number of likely N-dealkylation sites (tertiary alicyclic amines) is 1. The van der Waals surface area contributed by atoms with Crippen molar-refractivity contribution in [1.29, 1.82) is 0 Å². The summed E-state index contributed by atoms with van der Waals surface area (Å²) in [6.45, 7) is 1.92. The van der Waals surface area contributed by atoms with Gasteiger partial charge in [0.25, 0.3) is 0 Å². The molecule has 1 aliphatic rings. The van der Waals surface area contributed by atoms with Crippen LogP contribution >= 0.6 is 11.5 Å². The first kappa shape index (κ1) is 14.1. The standard InChI is InChI=1S/C12H20N4O2S/c1-16-6-4-3-5-8(16)7-14-11-9(12(17)18-2)10(13)15-19-11/h8,14H,3-7H2,1-2H3,(H2,13,15). The van der Waals surface area contributed by atoms with Gasteiger partial charge in [-0.05, 0) is 38.0 Å². The van der Waals surface area contributed by atoms with E-state index in [1.54, 1.807) is 0 Å². The van der Waals surface area contributed by atoms with Gasteiger partial charge in [-0.1, -0.05) is 6.42 Å². The Hall–Kier alpha value is -1.34. The molecule has 0 aliphatic carbocycles. The van der Waals surface area contributed by atoms with Crippen LogP contribution in [-0.2, 0) is 4.74 Å². The molecular weight excluding hydrogens is 264 g/mol. The van der Waals surface area contributed by atoms with Gasteiger partial charge in [-0.3, -0.25) is 0 Å². The van der Waals surface area contributed by atoms with Crippen LogP contribution in [0.15, 0.2) is 0 Å². The minimum absolute atomic E-state index is 0.233. The lowest BCUT2D eigenvalue weighted by Crippen LogP contribution is -2.40. The maximum Gasteiger partial charge on any atom is 0.344 e. The molecule has 0 bridgehead atoms. The van der Waals surface area contributed by atoms with Crippen molar-refractivity contribution in [2.45, 2.75) is 25.3 Å². The molecule has 19 heavy (non-hydrogen) atoms. The predicted octanol–water partition coefficient (Wildman–Crippen LogP) is 1.41. The number of esters is 1. The molecule has 2 rings (SSSR count). The van der Waals surface area contributed by atoms with Crippen molar-refractivity contribution < 1.29 is 9.53 Å². The van der Waals surface area contributed by atoms with E-state index in [-0.39, 0.29) is 5.82 Å². The highest BCUT2D eigenvalue weighted by Gasteiger charge is 2.22. The number of hydrogen-bond acceptors (Lipinski definition) is 7. The molecule has 1 unspecified atom stereocenters. The predicted molar refractivity (Wildman–Crippen MR) is 76.6 cm³/mol. The Bertz CT molecular complexity index is 449. The molecule has 1 aliphatic heterocycles. The monoisotopic (exact) mass is 284 g/mol. The number of nitrogen functional groups attached to an aromatic ring is 1. The van der Waals surface area contributed by atoms with Crippen molar-refractivity contribution in [2.24, 2.45) is 0 Å². The van der Waals surface area contributed by atoms with Crippen LogP contribution < -0.4 is 11.1 Å². The van der Waals surface area contributed by atoms with E-state index in [0.717, 1.165) is 13.1 Å². The lowest BCUT2D eigenvalue weighted by molar-refractivity contribution is 0.0603. The average Bonchev–Trinajstić information content (AvgIpc) is 2.78. The van der Waals surface area contributed by atoms with E-state index in [4.69, 9.17) is 10.5 Å². The molecule has 1 saturated heterocycles. The summed E-state index contributed by atoms with van der Waals surface area (Å²) in [6.07, 6.45) is 3.69. The lowest BCUT2D eigenvalue weighted by atomic mass is 10.0. The molecule has 106 valence electrons. The van der Waals surface area contributed by atoms with E-state index < -0.39 is 5.97 Å². The maximum atomic E-state index is 11.6. The van der Waals surface area contributed by atoms with E-state index in [1.165, 1.54) is 37.9 Å². The normalized spacial score (nSPS) is 20.2. The van der Waals surface area contributed by atoms with Crippen molar-refractivity contribution in [3.05, 3.63) is 5.56 Å². The Labute approximate surface area is 117 Å². The second kappa shape index (κ2) is 6.21. The molecule has 1 fully saturated rings. The lowest BCUT2D eigenvalue weighted by Gasteiger charge is -2.32. The molecule has 0 saturated carbocycles. The zero-order chi connectivity index (χ0) is 13.8. The number of carbonyl (C=O) groups is 1. The highest BCUT2D eigenvalue weighted by molar-refractivity contribution is 7.11. The summed E-state index contributed by atoms with van der Waals surface area (Å²) in [4.78, 5) is 14.0. The van der Waals surface area contributed by atoms with Gasteiger partial charge >= 0.3 is 5.97 Å². The molecule has 0 radical (unpaired) electrons. The van der Waals surface area contributed by atoms with Gasteiger partial charge in [0.1, 0.15) is 10.6 Å². The number of likely N-dealkylation sites (N-methyl/N-ethyl adjacent to an activating group) is 1. The SMILES string of the molecule is COC(=O)c1c(N)nsc1NCC1CCCCN1C. The molecule has 0 amide bonds. The van der Waals surface area contributed by atoms with E-state index in [0.29, 0.717) is 16.6 Å². The number of carbonyl (C=O) groups excluding carboxylic acids is 1. The van der Waals surface area contributed by atoms with Gasteiger partial charge in [0, 0.05) is 12.6 Å². The van der Waals surface area contributed by atoms with Gasteiger partial charge in [0.15, 0.2) is 5.82 Å². The summed E-state index contributed by atoms with van der Waals surface area (Å²) in [7, 11) is 3.48. The molecule has 0 spiro atoms. The maximum absolute atomic E-state index is 11.6. The number of piperidine rings is 1. The highest BCUT2D eigenvalue weighted by Crippen LogP contribution is 2.28. The van der Waals surface area contributed by atoms with E-state index in [2.05, 4.69) is 21.6 Å². The van der Waals surface area contributed by atoms with Gasteiger partial charge in [-0.15, -0.1) is 0 Å².